The maximum absolute atomic E-state index is 13.0. The molecule has 0 radical (unpaired) electrons. The maximum atomic E-state index is 13.0. The van der Waals surface area contributed by atoms with Crippen LogP contribution in [0.3, 0.4) is 0 Å². The predicted molar refractivity (Wildman–Crippen MR) is 109 cm³/mol. The van der Waals surface area contributed by atoms with Gasteiger partial charge in [-0.15, -0.1) is 0 Å². The van der Waals surface area contributed by atoms with Crippen LogP contribution in [-0.2, 0) is 11.0 Å². The summed E-state index contributed by atoms with van der Waals surface area (Å²) in [6.45, 7) is 2.63. The van der Waals surface area contributed by atoms with Gasteiger partial charge in [-0.1, -0.05) is 49.1 Å². The third-order valence-corrected chi connectivity index (χ3v) is 5.18. The molecular weight excluding hydrogens is 407 g/mol. The van der Waals surface area contributed by atoms with Gasteiger partial charge < -0.3 is 4.74 Å². The highest BCUT2D eigenvalue weighted by Crippen LogP contribution is 2.38. The van der Waals surface area contributed by atoms with Gasteiger partial charge in [0.1, 0.15) is 5.75 Å². The lowest BCUT2D eigenvalue weighted by molar-refractivity contribution is -0.137. The second-order valence-corrected chi connectivity index (χ2v) is 7.66. The van der Waals surface area contributed by atoms with Crippen LogP contribution >= 0.6 is 24.0 Å². The third-order valence-electron chi connectivity index (χ3n) is 3.88. The quantitative estimate of drug-likeness (QED) is 0.442. The largest absolute Gasteiger partial charge is 0.494 e. The van der Waals surface area contributed by atoms with E-state index in [2.05, 4.69) is 0 Å². The van der Waals surface area contributed by atoms with E-state index in [4.69, 9.17) is 17.0 Å². The number of alkyl halides is 3. The standard InChI is InChI=1S/C20H16F3NO2S2/c1-2-10-26-16-8-6-13(7-9-16)11-17-18(25)24(19(27)28-17)15-5-3-4-14(12-15)20(21,22)23/h3-9,11-12H,2,10H2,1H3/b17-11+. The van der Waals surface area contributed by atoms with Gasteiger partial charge in [0, 0.05) is 0 Å². The van der Waals surface area contributed by atoms with Crippen LogP contribution in [0.15, 0.2) is 53.4 Å². The molecule has 146 valence electrons. The summed E-state index contributed by atoms with van der Waals surface area (Å²) in [6, 6.07) is 11.8. The zero-order valence-corrected chi connectivity index (χ0v) is 16.5. The van der Waals surface area contributed by atoms with E-state index < -0.39 is 17.6 Å². The molecular formula is C20H16F3NO2S2. The number of carbonyl (C=O) groups excluding carboxylic acids is 1. The Labute approximate surface area is 170 Å². The molecule has 0 N–H and O–H groups in total. The molecule has 1 aliphatic rings. The molecule has 0 saturated carbocycles. The SMILES string of the molecule is CCCOc1ccc(/C=C2/SC(=S)N(c3cccc(C(F)(F)F)c3)C2=O)cc1. The molecule has 0 bridgehead atoms. The van der Waals surface area contributed by atoms with Gasteiger partial charge in [0.2, 0.25) is 0 Å². The van der Waals surface area contributed by atoms with Crippen molar-refractivity contribution in [2.45, 2.75) is 19.5 Å². The van der Waals surface area contributed by atoms with Gasteiger partial charge in [-0.25, -0.2) is 0 Å². The normalized spacial score (nSPS) is 16.1. The summed E-state index contributed by atoms with van der Waals surface area (Å²) in [5.41, 5.74) is 0.0446. The van der Waals surface area contributed by atoms with E-state index in [0.29, 0.717) is 11.5 Å². The van der Waals surface area contributed by atoms with Gasteiger partial charge in [-0.2, -0.15) is 13.2 Å². The number of rotatable bonds is 5. The lowest BCUT2D eigenvalue weighted by Crippen LogP contribution is -2.27. The number of amides is 1. The molecule has 2 aromatic carbocycles. The minimum atomic E-state index is -4.49. The van der Waals surface area contributed by atoms with E-state index in [0.717, 1.165) is 46.5 Å². The van der Waals surface area contributed by atoms with Crippen molar-refractivity contribution in [2.24, 2.45) is 0 Å². The summed E-state index contributed by atoms with van der Waals surface area (Å²) in [4.78, 5) is 14.2. The summed E-state index contributed by atoms with van der Waals surface area (Å²) in [5.74, 6) is 0.288. The van der Waals surface area contributed by atoms with Crippen LogP contribution in [0, 0.1) is 0 Å². The second kappa shape index (κ2) is 8.36. The number of anilines is 1. The number of thioether (sulfide) groups is 1. The molecule has 0 spiro atoms. The van der Waals surface area contributed by atoms with E-state index >= 15 is 0 Å². The molecule has 0 aliphatic carbocycles. The summed E-state index contributed by atoms with van der Waals surface area (Å²) in [7, 11) is 0. The molecule has 8 heteroatoms. The van der Waals surface area contributed by atoms with Crippen LogP contribution in [0.1, 0.15) is 24.5 Å². The van der Waals surface area contributed by atoms with Crippen molar-refractivity contribution in [1.29, 1.82) is 0 Å². The van der Waals surface area contributed by atoms with E-state index in [-0.39, 0.29) is 10.0 Å². The van der Waals surface area contributed by atoms with Gasteiger partial charge in [-0.05, 0) is 48.4 Å². The van der Waals surface area contributed by atoms with Crippen molar-refractivity contribution in [3.05, 3.63) is 64.6 Å². The summed E-state index contributed by atoms with van der Waals surface area (Å²) < 4.78 is 44.6. The fraction of sp³-hybridized carbons (Fsp3) is 0.200. The van der Waals surface area contributed by atoms with E-state index in [1.807, 2.05) is 19.1 Å². The van der Waals surface area contributed by atoms with E-state index in [1.54, 1.807) is 18.2 Å². The highest BCUT2D eigenvalue weighted by atomic mass is 32.2. The zero-order valence-electron chi connectivity index (χ0n) is 14.8. The van der Waals surface area contributed by atoms with Gasteiger partial charge in [-0.3, -0.25) is 9.69 Å². The third kappa shape index (κ3) is 4.56. The molecule has 3 rings (SSSR count). The molecule has 28 heavy (non-hydrogen) atoms. The number of halogens is 3. The van der Waals surface area contributed by atoms with Crippen molar-refractivity contribution < 1.29 is 22.7 Å². The lowest BCUT2D eigenvalue weighted by atomic mass is 10.1. The second-order valence-electron chi connectivity index (χ2n) is 5.98. The van der Waals surface area contributed by atoms with Crippen molar-refractivity contribution in [1.82, 2.24) is 0 Å². The van der Waals surface area contributed by atoms with Crippen LogP contribution in [-0.4, -0.2) is 16.8 Å². The van der Waals surface area contributed by atoms with Gasteiger partial charge in [0.25, 0.3) is 5.91 Å². The molecule has 2 aromatic rings. The van der Waals surface area contributed by atoms with E-state index in [9.17, 15) is 18.0 Å². The van der Waals surface area contributed by atoms with Gasteiger partial charge in [0.05, 0.1) is 22.8 Å². The lowest BCUT2D eigenvalue weighted by Gasteiger charge is -2.16. The number of hydrogen-bond acceptors (Lipinski definition) is 4. The molecule has 0 unspecified atom stereocenters. The number of nitrogens with zero attached hydrogens (tertiary/aromatic N) is 1. The minimum absolute atomic E-state index is 0.101. The molecule has 3 nitrogen and oxygen atoms in total. The number of thiocarbonyl (C=S) groups is 1. The van der Waals surface area contributed by atoms with Crippen molar-refractivity contribution in [2.75, 3.05) is 11.5 Å². The minimum Gasteiger partial charge on any atom is -0.494 e. The number of carbonyl (C=O) groups is 1. The first-order chi connectivity index (χ1) is 13.3. The molecule has 1 saturated heterocycles. The smallest absolute Gasteiger partial charge is 0.416 e. The summed E-state index contributed by atoms with van der Waals surface area (Å²) in [6.07, 6.45) is -1.93. The Balaban J connectivity index is 1.83. The fourth-order valence-electron chi connectivity index (χ4n) is 2.54. The summed E-state index contributed by atoms with van der Waals surface area (Å²) >= 11 is 6.28. The Hall–Kier alpha value is -2.32. The van der Waals surface area contributed by atoms with Crippen molar-refractivity contribution in [3.63, 3.8) is 0 Å². The molecule has 1 fully saturated rings. The van der Waals surface area contributed by atoms with Crippen LogP contribution in [0.25, 0.3) is 6.08 Å². The average molecular weight is 423 g/mol. The van der Waals surface area contributed by atoms with Crippen LogP contribution in [0.4, 0.5) is 18.9 Å². The van der Waals surface area contributed by atoms with Crippen LogP contribution in [0.5, 0.6) is 5.75 Å². The fourth-order valence-corrected chi connectivity index (χ4v) is 3.84. The number of benzene rings is 2. The van der Waals surface area contributed by atoms with Crippen LogP contribution in [0.2, 0.25) is 0 Å². The topological polar surface area (TPSA) is 29.5 Å². The average Bonchev–Trinajstić information content (AvgIpc) is 2.94. The molecule has 1 amide bonds. The van der Waals surface area contributed by atoms with E-state index in [1.165, 1.54) is 12.1 Å². The Morgan fingerprint density at radius 1 is 1.18 bits per heavy atom. The highest BCUT2D eigenvalue weighted by Gasteiger charge is 2.36. The Bertz CT molecular complexity index is 924. The molecule has 1 aliphatic heterocycles. The van der Waals surface area contributed by atoms with Crippen molar-refractivity contribution in [3.8, 4) is 5.75 Å². The Morgan fingerprint density at radius 2 is 1.89 bits per heavy atom. The van der Waals surface area contributed by atoms with Crippen molar-refractivity contribution >= 4 is 46.0 Å². The first-order valence-corrected chi connectivity index (χ1v) is 9.70. The Kier molecular flexibility index (Phi) is 6.10. The Morgan fingerprint density at radius 3 is 2.54 bits per heavy atom. The first-order valence-electron chi connectivity index (χ1n) is 8.47. The molecule has 1 heterocycles. The summed E-state index contributed by atoms with van der Waals surface area (Å²) in [5, 5.41) is 0. The van der Waals surface area contributed by atoms with Crippen LogP contribution < -0.4 is 9.64 Å². The molecule has 0 atom stereocenters. The molecule has 0 aromatic heterocycles. The predicted octanol–water partition coefficient (Wildman–Crippen LogP) is 5.90. The van der Waals surface area contributed by atoms with Gasteiger partial charge in [0.15, 0.2) is 4.32 Å². The maximum Gasteiger partial charge on any atom is 0.416 e. The number of hydrogen-bond donors (Lipinski definition) is 0. The zero-order chi connectivity index (χ0) is 20.3. The number of ether oxygens (including phenoxy) is 1. The first kappa shape index (κ1) is 20.4. The van der Waals surface area contributed by atoms with Gasteiger partial charge >= 0.3 is 6.18 Å². The monoisotopic (exact) mass is 423 g/mol. The highest BCUT2D eigenvalue weighted by molar-refractivity contribution is 8.27.